The average molecular weight is 573 g/mol. The van der Waals surface area contributed by atoms with Crippen LogP contribution in [-0.2, 0) is 13.0 Å². The van der Waals surface area contributed by atoms with Crippen molar-refractivity contribution in [3.05, 3.63) is 43.7 Å². The van der Waals surface area contributed by atoms with Crippen molar-refractivity contribution < 1.29 is 9.47 Å². The van der Waals surface area contributed by atoms with Crippen LogP contribution in [0.3, 0.4) is 0 Å². The maximum Gasteiger partial charge on any atom is 0.188 e. The Morgan fingerprint density at radius 3 is 2.58 bits per heavy atom. The molecule has 0 bridgehead atoms. The summed E-state index contributed by atoms with van der Waals surface area (Å²) in [6.07, 6.45) is 0.945. The molecule has 0 unspecified atom stereocenters. The van der Waals surface area contributed by atoms with Crippen molar-refractivity contribution in [3.8, 4) is 11.5 Å². The van der Waals surface area contributed by atoms with Gasteiger partial charge in [0.25, 0.3) is 0 Å². The number of thiophene rings is 1. The molecule has 3 N–H and O–H groups in total. The Kier molecular flexibility index (Phi) is 9.74. The minimum atomic E-state index is 0. The number of benzene rings is 1. The predicted molar refractivity (Wildman–Crippen MR) is 119 cm³/mol. The largest absolute Gasteiger partial charge is 0.493 e. The summed E-state index contributed by atoms with van der Waals surface area (Å²) in [4.78, 5) is 5.69. The first-order valence-electron chi connectivity index (χ1n) is 7.11. The van der Waals surface area contributed by atoms with Gasteiger partial charge in [-0.1, -0.05) is 6.07 Å². The van der Waals surface area contributed by atoms with E-state index in [2.05, 4.69) is 45.0 Å². The summed E-state index contributed by atoms with van der Waals surface area (Å²) in [6, 6.07) is 9.99. The fourth-order valence-corrected chi connectivity index (χ4v) is 3.77. The molecule has 2 aromatic rings. The van der Waals surface area contributed by atoms with Crippen LogP contribution in [0.25, 0.3) is 0 Å². The maximum absolute atomic E-state index is 5.90. The number of halogens is 2. The normalized spacial score (nSPS) is 10.9. The summed E-state index contributed by atoms with van der Waals surface area (Å²) in [5.74, 6) is 1.85. The number of nitrogens with zero attached hydrogens (tertiary/aromatic N) is 1. The van der Waals surface area contributed by atoms with Crippen LogP contribution in [0.5, 0.6) is 11.5 Å². The van der Waals surface area contributed by atoms with Crippen LogP contribution in [0, 0.1) is 2.88 Å². The molecule has 1 aromatic heterocycles. The van der Waals surface area contributed by atoms with E-state index in [0.29, 0.717) is 24.0 Å². The van der Waals surface area contributed by atoms with Crippen LogP contribution in [0.15, 0.2) is 35.3 Å². The molecule has 1 heterocycles. The first-order valence-corrected chi connectivity index (χ1v) is 9.01. The van der Waals surface area contributed by atoms with Gasteiger partial charge in [-0.2, -0.15) is 0 Å². The summed E-state index contributed by atoms with van der Waals surface area (Å²) in [5.41, 5.74) is 6.92. The summed E-state index contributed by atoms with van der Waals surface area (Å²) in [5, 5.41) is 3.14. The molecule has 132 valence electrons. The molecule has 0 saturated carbocycles. The van der Waals surface area contributed by atoms with E-state index in [1.807, 2.05) is 18.2 Å². The molecule has 0 atom stereocenters. The third-order valence-corrected chi connectivity index (χ3v) is 5.14. The lowest BCUT2D eigenvalue weighted by Crippen LogP contribution is -2.33. The van der Waals surface area contributed by atoms with Crippen LogP contribution < -0.4 is 20.5 Å². The van der Waals surface area contributed by atoms with Crippen LogP contribution in [-0.4, -0.2) is 26.7 Å². The molecule has 8 heteroatoms. The molecule has 0 aliphatic carbocycles. The van der Waals surface area contributed by atoms with Gasteiger partial charge in [0.2, 0.25) is 0 Å². The van der Waals surface area contributed by atoms with Crippen molar-refractivity contribution in [3.63, 3.8) is 0 Å². The van der Waals surface area contributed by atoms with Crippen molar-refractivity contribution in [2.45, 2.75) is 13.0 Å². The topological polar surface area (TPSA) is 68.9 Å². The molecule has 0 saturated heterocycles. The lowest BCUT2D eigenvalue weighted by molar-refractivity contribution is 0.354. The number of hydrogen-bond donors (Lipinski definition) is 2. The monoisotopic (exact) mass is 573 g/mol. The quantitative estimate of drug-likeness (QED) is 0.302. The van der Waals surface area contributed by atoms with E-state index in [4.69, 9.17) is 15.2 Å². The molecular formula is C16H21I2N3O2S. The third-order valence-electron chi connectivity index (χ3n) is 3.19. The van der Waals surface area contributed by atoms with E-state index in [1.165, 1.54) is 7.76 Å². The Hall–Kier alpha value is -0.750. The van der Waals surface area contributed by atoms with Crippen molar-refractivity contribution >= 4 is 63.9 Å². The highest BCUT2D eigenvalue weighted by molar-refractivity contribution is 14.1. The van der Waals surface area contributed by atoms with Gasteiger partial charge in [0.05, 0.1) is 23.6 Å². The number of aliphatic imine (C=N–C) groups is 1. The van der Waals surface area contributed by atoms with Gasteiger partial charge in [-0.3, -0.25) is 0 Å². The van der Waals surface area contributed by atoms with Gasteiger partial charge in [-0.25, -0.2) is 4.99 Å². The molecule has 0 radical (unpaired) electrons. The molecule has 1 aromatic carbocycles. The van der Waals surface area contributed by atoms with E-state index in [1.54, 1.807) is 25.6 Å². The minimum Gasteiger partial charge on any atom is -0.493 e. The fraction of sp³-hybridized carbons (Fsp3) is 0.312. The predicted octanol–water partition coefficient (Wildman–Crippen LogP) is 3.63. The molecule has 0 spiro atoms. The smallest absolute Gasteiger partial charge is 0.188 e. The van der Waals surface area contributed by atoms with Crippen LogP contribution in [0.4, 0.5) is 0 Å². The second kappa shape index (κ2) is 11.0. The maximum atomic E-state index is 5.90. The summed E-state index contributed by atoms with van der Waals surface area (Å²) >= 11 is 4.12. The van der Waals surface area contributed by atoms with Crippen LogP contribution in [0.2, 0.25) is 0 Å². The molecule has 0 amide bonds. The summed E-state index contributed by atoms with van der Waals surface area (Å²) in [6.45, 7) is 1.27. The number of nitrogens with one attached hydrogen (secondary N) is 1. The van der Waals surface area contributed by atoms with Gasteiger partial charge < -0.3 is 20.5 Å². The van der Waals surface area contributed by atoms with Crippen molar-refractivity contribution in [2.75, 3.05) is 20.8 Å². The first-order chi connectivity index (χ1) is 11.1. The zero-order valence-corrected chi connectivity index (χ0v) is 18.8. The molecule has 0 aliphatic heterocycles. The zero-order valence-electron chi connectivity index (χ0n) is 13.5. The molecule has 0 fully saturated rings. The molecule has 24 heavy (non-hydrogen) atoms. The Bertz CT molecular complexity index is 677. The first kappa shape index (κ1) is 21.3. The summed E-state index contributed by atoms with van der Waals surface area (Å²) in [7, 11) is 3.23. The van der Waals surface area contributed by atoms with E-state index >= 15 is 0 Å². The average Bonchev–Trinajstić information content (AvgIpc) is 2.98. The standard InChI is InChI=1S/C16H20IN3O2S.HI/c1-21-13-5-3-11(9-14(13)22-2)10-20-16(18)19-8-7-12-4-6-15(17)23-12;/h3-6,9H,7-8,10H2,1-2H3,(H3,18,19,20);1H. The highest BCUT2D eigenvalue weighted by Gasteiger charge is 2.04. The highest BCUT2D eigenvalue weighted by atomic mass is 127. The van der Waals surface area contributed by atoms with E-state index in [9.17, 15) is 0 Å². The Morgan fingerprint density at radius 2 is 1.96 bits per heavy atom. The lowest BCUT2D eigenvalue weighted by atomic mass is 10.2. The van der Waals surface area contributed by atoms with Gasteiger partial charge in [-0.15, -0.1) is 35.3 Å². The third kappa shape index (κ3) is 6.63. The molecule has 2 rings (SSSR count). The number of rotatable bonds is 7. The second-order valence-corrected chi connectivity index (χ2v) is 7.84. The molecule has 0 aliphatic rings. The fourth-order valence-electron chi connectivity index (χ4n) is 2.01. The van der Waals surface area contributed by atoms with Gasteiger partial charge in [0, 0.05) is 11.4 Å². The second-order valence-electron chi connectivity index (χ2n) is 4.77. The number of hydrogen-bond acceptors (Lipinski definition) is 4. The van der Waals surface area contributed by atoms with Crippen molar-refractivity contribution in [1.82, 2.24) is 5.32 Å². The van der Waals surface area contributed by atoms with Crippen LogP contribution in [0.1, 0.15) is 10.4 Å². The summed E-state index contributed by atoms with van der Waals surface area (Å²) < 4.78 is 11.8. The molecule has 5 nitrogen and oxygen atoms in total. The minimum absolute atomic E-state index is 0. The number of nitrogens with two attached hydrogens (primary N) is 1. The Labute approximate surface area is 177 Å². The van der Waals surface area contributed by atoms with E-state index in [0.717, 1.165) is 18.5 Å². The van der Waals surface area contributed by atoms with Gasteiger partial charge >= 0.3 is 0 Å². The van der Waals surface area contributed by atoms with Crippen LogP contribution >= 0.6 is 57.9 Å². The molecular weight excluding hydrogens is 552 g/mol. The van der Waals surface area contributed by atoms with Crippen molar-refractivity contribution in [2.24, 2.45) is 10.7 Å². The van der Waals surface area contributed by atoms with Gasteiger partial charge in [-0.05, 0) is 58.8 Å². The van der Waals surface area contributed by atoms with E-state index < -0.39 is 0 Å². The number of guanidine groups is 1. The Morgan fingerprint density at radius 1 is 1.21 bits per heavy atom. The Balaban J connectivity index is 0.00000288. The van der Waals surface area contributed by atoms with Gasteiger partial charge in [0.1, 0.15) is 0 Å². The number of methoxy groups -OCH3 is 2. The lowest BCUT2D eigenvalue weighted by Gasteiger charge is -2.09. The number of ether oxygens (including phenoxy) is 2. The van der Waals surface area contributed by atoms with E-state index in [-0.39, 0.29) is 24.0 Å². The highest BCUT2D eigenvalue weighted by Crippen LogP contribution is 2.27. The SMILES string of the molecule is COc1ccc(CN=C(N)NCCc2ccc(I)s2)cc1OC.I. The van der Waals surface area contributed by atoms with Gasteiger partial charge in [0.15, 0.2) is 17.5 Å². The van der Waals surface area contributed by atoms with Crippen molar-refractivity contribution in [1.29, 1.82) is 0 Å². The zero-order chi connectivity index (χ0) is 16.7.